The summed E-state index contributed by atoms with van der Waals surface area (Å²) < 4.78 is 5.57. The number of carbonyl (C=O) groups excluding carboxylic acids is 1. The Bertz CT molecular complexity index is 1000. The summed E-state index contributed by atoms with van der Waals surface area (Å²) in [7, 11) is 0. The van der Waals surface area contributed by atoms with E-state index in [9.17, 15) is 10.1 Å². The number of nitrogens with zero attached hydrogens (tertiary/aromatic N) is 5. The number of anilines is 1. The maximum atomic E-state index is 12.3. The predicted octanol–water partition coefficient (Wildman–Crippen LogP) is 2.55. The summed E-state index contributed by atoms with van der Waals surface area (Å²) in [4.78, 5) is 25.6. The highest BCUT2D eigenvalue weighted by Gasteiger charge is 2.30. The fourth-order valence-electron chi connectivity index (χ4n) is 4.87. The highest BCUT2D eigenvalue weighted by Crippen LogP contribution is 2.28. The molecule has 3 fully saturated rings. The quantitative estimate of drug-likeness (QED) is 0.747. The van der Waals surface area contributed by atoms with Crippen LogP contribution in [-0.4, -0.2) is 76.6 Å². The first kappa shape index (κ1) is 21.1. The predicted molar refractivity (Wildman–Crippen MR) is 121 cm³/mol. The van der Waals surface area contributed by atoms with Crippen LogP contribution in [0.25, 0.3) is 10.9 Å². The maximum absolute atomic E-state index is 12.3. The van der Waals surface area contributed by atoms with E-state index >= 15 is 0 Å². The summed E-state index contributed by atoms with van der Waals surface area (Å²) in [5.74, 6) is 0.956. The van der Waals surface area contributed by atoms with Gasteiger partial charge < -0.3 is 15.0 Å². The topological polar surface area (TPSA) is 94.4 Å². The summed E-state index contributed by atoms with van der Waals surface area (Å²) in [6, 6.07) is 8.68. The SMILES string of the molecule is N#Cc1ccc2ncnc(NC3CCC(N4CCN(C(=O)COC5CC5)CC4)CC3)c2c1. The number of hydrogen-bond donors (Lipinski definition) is 1. The van der Waals surface area contributed by atoms with Crippen molar-refractivity contribution in [2.75, 3.05) is 38.1 Å². The van der Waals surface area contributed by atoms with Crippen LogP contribution in [0.15, 0.2) is 24.5 Å². The number of ether oxygens (including phenoxy) is 1. The van der Waals surface area contributed by atoms with Crippen LogP contribution in [0.3, 0.4) is 0 Å². The number of aromatic nitrogens is 2. The van der Waals surface area contributed by atoms with Gasteiger partial charge in [0, 0.05) is 43.6 Å². The second kappa shape index (κ2) is 9.39. The molecule has 2 aliphatic carbocycles. The Labute approximate surface area is 188 Å². The second-order valence-electron chi connectivity index (χ2n) is 9.14. The van der Waals surface area contributed by atoms with Gasteiger partial charge in [-0.3, -0.25) is 9.69 Å². The number of hydrogen-bond acceptors (Lipinski definition) is 7. The molecule has 0 spiro atoms. The van der Waals surface area contributed by atoms with E-state index in [0.29, 0.717) is 23.8 Å². The lowest BCUT2D eigenvalue weighted by molar-refractivity contribution is -0.138. The van der Waals surface area contributed by atoms with Crippen LogP contribution in [0, 0.1) is 11.3 Å². The van der Waals surface area contributed by atoms with Crippen LogP contribution in [0.1, 0.15) is 44.1 Å². The molecule has 8 heteroatoms. The van der Waals surface area contributed by atoms with Crippen molar-refractivity contribution in [2.24, 2.45) is 0 Å². The summed E-state index contributed by atoms with van der Waals surface area (Å²) in [5.41, 5.74) is 1.47. The zero-order chi connectivity index (χ0) is 21.9. The highest BCUT2D eigenvalue weighted by molar-refractivity contribution is 5.89. The van der Waals surface area contributed by atoms with Crippen molar-refractivity contribution in [1.82, 2.24) is 19.8 Å². The van der Waals surface area contributed by atoms with Crippen LogP contribution in [0.4, 0.5) is 5.82 Å². The number of carbonyl (C=O) groups is 1. The third-order valence-corrected chi connectivity index (χ3v) is 6.95. The summed E-state index contributed by atoms with van der Waals surface area (Å²) in [6.45, 7) is 3.75. The lowest BCUT2D eigenvalue weighted by atomic mass is 9.89. The first-order valence-electron chi connectivity index (χ1n) is 11.7. The second-order valence-corrected chi connectivity index (χ2v) is 9.14. The van der Waals surface area contributed by atoms with Crippen molar-refractivity contribution in [2.45, 2.75) is 56.7 Å². The van der Waals surface area contributed by atoms with Crippen LogP contribution in [-0.2, 0) is 9.53 Å². The Kier molecular flexibility index (Phi) is 6.19. The largest absolute Gasteiger partial charge is 0.368 e. The molecule has 168 valence electrons. The zero-order valence-corrected chi connectivity index (χ0v) is 18.4. The van der Waals surface area contributed by atoms with Gasteiger partial charge in [0.25, 0.3) is 0 Å². The molecule has 0 bridgehead atoms. The van der Waals surface area contributed by atoms with Gasteiger partial charge in [0.2, 0.25) is 5.91 Å². The Balaban J connectivity index is 1.11. The van der Waals surface area contributed by atoms with Gasteiger partial charge in [-0.25, -0.2) is 9.97 Å². The molecule has 32 heavy (non-hydrogen) atoms. The van der Waals surface area contributed by atoms with E-state index in [1.165, 1.54) is 0 Å². The van der Waals surface area contributed by atoms with Crippen molar-refractivity contribution in [3.63, 3.8) is 0 Å². The van der Waals surface area contributed by atoms with E-state index in [2.05, 4.69) is 26.3 Å². The molecule has 3 aliphatic rings. The van der Waals surface area contributed by atoms with Crippen molar-refractivity contribution in [1.29, 1.82) is 5.26 Å². The average Bonchev–Trinajstić information content (AvgIpc) is 3.68. The minimum atomic E-state index is 0.140. The molecule has 5 rings (SSSR count). The molecule has 0 radical (unpaired) electrons. The highest BCUT2D eigenvalue weighted by atomic mass is 16.5. The van der Waals surface area contributed by atoms with E-state index in [0.717, 1.165) is 81.4 Å². The molecular formula is C24H30N6O2. The molecule has 1 aromatic carbocycles. The van der Waals surface area contributed by atoms with Crippen LogP contribution >= 0.6 is 0 Å². The molecule has 2 aromatic rings. The molecule has 0 atom stereocenters. The van der Waals surface area contributed by atoms with Gasteiger partial charge in [-0.2, -0.15) is 5.26 Å². The molecule has 0 unspecified atom stereocenters. The Hall–Kier alpha value is -2.76. The van der Waals surface area contributed by atoms with Crippen LogP contribution in [0.2, 0.25) is 0 Å². The van der Waals surface area contributed by atoms with Crippen molar-refractivity contribution < 1.29 is 9.53 Å². The molecule has 2 saturated carbocycles. The smallest absolute Gasteiger partial charge is 0.248 e. The van der Waals surface area contributed by atoms with Gasteiger partial charge in [-0.1, -0.05) is 0 Å². The molecular weight excluding hydrogens is 404 g/mol. The number of amides is 1. The van der Waals surface area contributed by atoms with Gasteiger partial charge in [-0.15, -0.1) is 0 Å². The Morgan fingerprint density at radius 1 is 1.09 bits per heavy atom. The van der Waals surface area contributed by atoms with E-state index in [1.807, 2.05) is 17.0 Å². The van der Waals surface area contributed by atoms with E-state index in [-0.39, 0.29) is 12.5 Å². The molecule has 1 aromatic heterocycles. The monoisotopic (exact) mass is 434 g/mol. The van der Waals surface area contributed by atoms with E-state index < -0.39 is 0 Å². The lowest BCUT2D eigenvalue weighted by Crippen LogP contribution is -2.53. The van der Waals surface area contributed by atoms with E-state index in [1.54, 1.807) is 12.4 Å². The van der Waals surface area contributed by atoms with Crippen molar-refractivity contribution in [3.05, 3.63) is 30.1 Å². The molecule has 1 N–H and O–H groups in total. The van der Waals surface area contributed by atoms with Gasteiger partial charge in [-0.05, 0) is 56.7 Å². The number of benzene rings is 1. The number of nitrogens with one attached hydrogen (secondary N) is 1. The molecule has 1 aliphatic heterocycles. The number of nitriles is 1. The first-order chi connectivity index (χ1) is 15.7. The molecule has 8 nitrogen and oxygen atoms in total. The third-order valence-electron chi connectivity index (χ3n) is 6.95. The standard InChI is InChI=1S/C24H30N6O2/c25-14-17-1-8-22-21(13-17)24(27-16-26-22)28-18-2-4-19(5-3-18)29-9-11-30(12-10-29)23(31)15-32-20-6-7-20/h1,8,13,16,18-20H,2-7,9-12,15H2,(H,26,27,28). The number of fused-ring (bicyclic) bond motifs is 1. The third kappa shape index (κ3) is 4.84. The van der Waals surface area contributed by atoms with Gasteiger partial charge in [0.15, 0.2) is 0 Å². The van der Waals surface area contributed by atoms with Gasteiger partial charge in [0.1, 0.15) is 18.8 Å². The fraction of sp³-hybridized carbons (Fsp3) is 0.583. The Morgan fingerprint density at radius 2 is 1.88 bits per heavy atom. The summed E-state index contributed by atoms with van der Waals surface area (Å²) in [6.07, 6.45) is 8.58. The summed E-state index contributed by atoms with van der Waals surface area (Å²) in [5, 5.41) is 13.7. The van der Waals surface area contributed by atoms with Crippen molar-refractivity contribution in [3.8, 4) is 6.07 Å². The summed E-state index contributed by atoms with van der Waals surface area (Å²) >= 11 is 0. The normalized spacial score (nSPS) is 24.3. The number of piperazine rings is 1. The minimum Gasteiger partial charge on any atom is -0.368 e. The molecule has 1 amide bonds. The lowest BCUT2D eigenvalue weighted by Gasteiger charge is -2.42. The van der Waals surface area contributed by atoms with E-state index in [4.69, 9.17) is 4.74 Å². The molecule has 1 saturated heterocycles. The fourth-order valence-corrected chi connectivity index (χ4v) is 4.87. The Morgan fingerprint density at radius 3 is 2.59 bits per heavy atom. The first-order valence-corrected chi connectivity index (χ1v) is 11.7. The average molecular weight is 435 g/mol. The van der Waals surface area contributed by atoms with Crippen LogP contribution < -0.4 is 5.32 Å². The number of rotatable bonds is 6. The zero-order valence-electron chi connectivity index (χ0n) is 18.4. The van der Waals surface area contributed by atoms with Crippen LogP contribution in [0.5, 0.6) is 0 Å². The maximum Gasteiger partial charge on any atom is 0.248 e. The van der Waals surface area contributed by atoms with Crippen molar-refractivity contribution >= 4 is 22.6 Å². The minimum absolute atomic E-state index is 0.140. The van der Waals surface area contributed by atoms with Gasteiger partial charge in [0.05, 0.1) is 23.3 Å². The van der Waals surface area contributed by atoms with Gasteiger partial charge >= 0.3 is 0 Å². The molecule has 2 heterocycles.